The molecule has 0 saturated carbocycles. The Morgan fingerprint density at radius 2 is 0.574 bits per heavy atom. The van der Waals surface area contributed by atoms with Crippen LogP contribution in [-0.4, -0.2) is 271 Å². The summed E-state index contributed by atoms with van der Waals surface area (Å²) in [6, 6.07) is 0. The van der Waals surface area contributed by atoms with Crippen LogP contribution in [0.1, 0.15) is 240 Å². The smallest absolute Gasteiger partial charge is 0.220 e. The van der Waals surface area contributed by atoms with E-state index in [0.29, 0.717) is 188 Å². The first kappa shape index (κ1) is 97.3. The molecule has 3 aliphatic rings. The van der Waals surface area contributed by atoms with E-state index in [4.69, 9.17) is 33.2 Å². The summed E-state index contributed by atoms with van der Waals surface area (Å²) in [7, 11) is 0. The molecular weight excluding hydrogens is 1410 g/mol. The minimum Gasteiger partial charge on any atom is -0.394 e. The number of rotatable bonds is 62. The van der Waals surface area contributed by atoms with Gasteiger partial charge in [0.2, 0.25) is 47.3 Å². The fourth-order valence-electron chi connectivity index (χ4n) is 13.0. The lowest BCUT2D eigenvalue weighted by Gasteiger charge is -2.40. The number of nitrogens with one attached hydrogen (secondary N) is 8. The third-order valence-electron chi connectivity index (χ3n) is 20.1. The topological polar surface area (TPSA) is 479 Å². The van der Waals surface area contributed by atoms with Gasteiger partial charge < -0.3 is 122 Å². The zero-order chi connectivity index (χ0) is 79.5. The average Bonchev–Trinajstić information content (AvgIpc) is 0.819. The number of unbranched alkanes of at least 4 members (excludes halogenated alkanes) is 12. The van der Waals surface area contributed by atoms with Crippen molar-refractivity contribution >= 4 is 47.3 Å². The summed E-state index contributed by atoms with van der Waals surface area (Å²) in [4.78, 5) is 105. The van der Waals surface area contributed by atoms with E-state index in [0.717, 1.165) is 25.7 Å². The zero-order valence-electron chi connectivity index (χ0n) is 65.4. The lowest BCUT2D eigenvalue weighted by molar-refractivity contribution is -0.282. The maximum absolute atomic E-state index is 14.0. The first-order valence-corrected chi connectivity index (χ1v) is 40.4. The predicted molar refractivity (Wildman–Crippen MR) is 399 cm³/mol. The van der Waals surface area contributed by atoms with Crippen molar-refractivity contribution in [3.63, 3.8) is 0 Å². The Balaban J connectivity index is 1.54. The molecule has 3 aliphatic heterocycles. The van der Waals surface area contributed by atoms with E-state index in [1.807, 2.05) is 13.8 Å². The van der Waals surface area contributed by atoms with Crippen LogP contribution >= 0.6 is 0 Å². The largest absolute Gasteiger partial charge is 0.394 e. The molecule has 0 radical (unpaired) electrons. The van der Waals surface area contributed by atoms with Gasteiger partial charge in [0.15, 0.2) is 18.9 Å². The summed E-state index contributed by atoms with van der Waals surface area (Å²) in [6.07, 6.45) is 3.16. The molecule has 8 amide bonds. The first-order chi connectivity index (χ1) is 51.8. The van der Waals surface area contributed by atoms with Gasteiger partial charge in [-0.25, -0.2) is 0 Å². The van der Waals surface area contributed by atoms with E-state index in [-0.39, 0.29) is 118 Å². The van der Waals surface area contributed by atoms with Crippen molar-refractivity contribution in [1.82, 2.24) is 42.5 Å². The highest BCUT2D eigenvalue weighted by molar-refractivity contribution is 5.81. The Hall–Kier alpha value is -4.88. The van der Waals surface area contributed by atoms with Gasteiger partial charge in [-0.2, -0.15) is 0 Å². The Labute approximate surface area is 640 Å². The van der Waals surface area contributed by atoms with E-state index in [1.165, 1.54) is 0 Å². The van der Waals surface area contributed by atoms with E-state index in [9.17, 15) is 84.3 Å². The van der Waals surface area contributed by atoms with Crippen LogP contribution in [0.4, 0.5) is 0 Å². The second-order valence-corrected chi connectivity index (χ2v) is 29.7. The monoisotopic (exact) mass is 1550 g/mol. The standard InChI is InChI=1S/C76H140N8O24/c1-52(2)102-45-21-7-6-14-38-77-62(91)30-25-31-66(95)84-76(36-33-64(93)82-43-19-17-40-79-60(89)28-12-9-23-47-104-74-54(4)68(97)71(100)57(50-86)107-74,37-34-65(94)83-44-20-18-41-80-61(90)29-13-10-24-48-105-75-55(5)69(98)72(101)58(51-87)108-75)35-26-32-63(92)81-42-16-15-39-78-59(88)27-11-8-22-46-103-73-53(3)67(96)70(99)56(49-85)106-73/h52-58,67-75,85-87,96-101H,6-51H2,1-5H3,(H,77,91)(H,78,88)(H,79,89)(H,80,90)(H,81,92)(H,82,93)(H,83,94)(H,84,95)/t53?,54?,55?,56?,57?,58?,67-,68-,69-,70+,71+,72+,73-,74-,75-,76?/m1/s1. The number of carbonyl (C=O) groups excluding carboxylic acids is 8. The molecule has 17 N–H and O–H groups in total. The molecular formula is C76H140N8O24. The number of carbonyl (C=O) groups is 8. The third-order valence-corrected chi connectivity index (χ3v) is 20.1. The van der Waals surface area contributed by atoms with Gasteiger partial charge in [-0.1, -0.05) is 52.9 Å². The molecule has 3 rings (SSSR count). The van der Waals surface area contributed by atoms with Crippen molar-refractivity contribution in [1.29, 1.82) is 0 Å². The Morgan fingerprint density at radius 3 is 0.889 bits per heavy atom. The maximum Gasteiger partial charge on any atom is 0.220 e. The van der Waals surface area contributed by atoms with Crippen molar-refractivity contribution in [2.24, 2.45) is 17.8 Å². The van der Waals surface area contributed by atoms with Gasteiger partial charge in [-0.05, 0) is 136 Å². The van der Waals surface area contributed by atoms with E-state index in [1.54, 1.807) is 20.8 Å². The summed E-state index contributed by atoms with van der Waals surface area (Å²) in [5, 5.41) is 113. The molecule has 15 atom stereocenters. The van der Waals surface area contributed by atoms with Gasteiger partial charge in [0.05, 0.1) is 44.2 Å². The van der Waals surface area contributed by atoms with Crippen LogP contribution in [0.15, 0.2) is 0 Å². The molecule has 6 unspecified atom stereocenters. The van der Waals surface area contributed by atoms with Gasteiger partial charge in [-0.3, -0.25) is 38.4 Å². The van der Waals surface area contributed by atoms with Crippen LogP contribution in [0.3, 0.4) is 0 Å². The number of amides is 8. The Morgan fingerprint density at radius 1 is 0.315 bits per heavy atom. The number of ether oxygens (including phenoxy) is 7. The molecule has 628 valence electrons. The molecule has 32 heteroatoms. The summed E-state index contributed by atoms with van der Waals surface area (Å²) in [6.45, 7) is 12.0. The van der Waals surface area contributed by atoms with Crippen molar-refractivity contribution < 1.29 is 117 Å². The molecule has 3 saturated heterocycles. The van der Waals surface area contributed by atoms with Crippen LogP contribution in [-0.2, 0) is 71.5 Å². The molecule has 0 aliphatic carbocycles. The summed E-state index contributed by atoms with van der Waals surface area (Å²) in [5.41, 5.74) is -1.13. The molecule has 0 aromatic heterocycles. The fraction of sp³-hybridized carbons (Fsp3) is 0.895. The van der Waals surface area contributed by atoms with Gasteiger partial charge in [-0.15, -0.1) is 0 Å². The highest BCUT2D eigenvalue weighted by atomic mass is 16.7. The van der Waals surface area contributed by atoms with Crippen LogP contribution in [0.2, 0.25) is 0 Å². The first-order valence-electron chi connectivity index (χ1n) is 40.4. The highest BCUT2D eigenvalue weighted by Crippen LogP contribution is 2.31. The molecule has 3 fully saturated rings. The summed E-state index contributed by atoms with van der Waals surface area (Å²) in [5.74, 6) is -3.19. The summed E-state index contributed by atoms with van der Waals surface area (Å²) >= 11 is 0. The van der Waals surface area contributed by atoms with E-state index in [2.05, 4.69) is 42.5 Å². The van der Waals surface area contributed by atoms with E-state index < -0.39 is 117 Å². The maximum atomic E-state index is 14.0. The van der Waals surface area contributed by atoms with Gasteiger partial charge >= 0.3 is 0 Å². The lowest BCUT2D eigenvalue weighted by Crippen LogP contribution is -2.55. The third kappa shape index (κ3) is 41.6. The number of aliphatic hydroxyl groups is 9. The molecule has 0 aromatic carbocycles. The SMILES string of the molecule is CC(C)OCCCCCCNC(=O)CCCC(=O)NC(CCCC(=O)NCCCCNC(=O)CCCCCO[C@@H]1OC(CO)[C@H](O)[C@H](O)C1C)(CCC(=O)NCCCCNC(=O)CCCCCO[C@@H]1OC(CO)[C@H](O)[C@H](O)C1C)CCC(=O)NCCCCNC(=O)CCCCCO[C@@H]1OC(CO)[C@H](O)[C@H](O)C1C. The number of aliphatic hydroxyl groups excluding tert-OH is 9. The highest BCUT2D eigenvalue weighted by Gasteiger charge is 2.45. The molecule has 0 aromatic rings. The molecule has 108 heavy (non-hydrogen) atoms. The fourth-order valence-corrected chi connectivity index (χ4v) is 13.0. The molecule has 3 heterocycles. The minimum atomic E-state index is -1.21. The van der Waals surface area contributed by atoms with Crippen LogP contribution in [0.5, 0.6) is 0 Å². The quantitative estimate of drug-likeness (QED) is 0.0386. The average molecular weight is 1550 g/mol. The number of hydrogen-bond donors (Lipinski definition) is 17. The summed E-state index contributed by atoms with van der Waals surface area (Å²) < 4.78 is 39.7. The van der Waals surface area contributed by atoms with Crippen molar-refractivity contribution in [2.75, 3.05) is 92.1 Å². The lowest BCUT2D eigenvalue weighted by atomic mass is 9.82. The van der Waals surface area contributed by atoms with Crippen LogP contribution in [0.25, 0.3) is 0 Å². The van der Waals surface area contributed by atoms with Gasteiger partial charge in [0.25, 0.3) is 0 Å². The van der Waals surface area contributed by atoms with Crippen LogP contribution in [0, 0.1) is 17.8 Å². The molecule has 0 spiro atoms. The molecule has 0 bridgehead atoms. The zero-order valence-corrected chi connectivity index (χ0v) is 65.4. The van der Waals surface area contributed by atoms with Crippen LogP contribution < -0.4 is 42.5 Å². The normalized spacial score (nSPS) is 24.8. The van der Waals surface area contributed by atoms with Crippen molar-refractivity contribution in [3.8, 4) is 0 Å². The second kappa shape index (κ2) is 58.0. The van der Waals surface area contributed by atoms with E-state index >= 15 is 0 Å². The minimum absolute atomic E-state index is 0.00870. The van der Waals surface area contributed by atoms with Crippen molar-refractivity contribution in [3.05, 3.63) is 0 Å². The molecule has 32 nitrogen and oxygen atoms in total. The number of hydrogen-bond acceptors (Lipinski definition) is 24. The second-order valence-electron chi connectivity index (χ2n) is 29.7. The predicted octanol–water partition coefficient (Wildman–Crippen LogP) is 1.84. The Kier molecular flexibility index (Phi) is 52.3. The van der Waals surface area contributed by atoms with Gasteiger partial charge in [0, 0.05) is 147 Å². The van der Waals surface area contributed by atoms with Crippen molar-refractivity contribution in [2.45, 2.75) is 326 Å². The Bertz CT molecular complexity index is 2390. The van der Waals surface area contributed by atoms with Gasteiger partial charge in [0.1, 0.15) is 36.6 Å².